The van der Waals surface area contributed by atoms with Gasteiger partial charge in [-0.2, -0.15) is 8.78 Å². The summed E-state index contributed by atoms with van der Waals surface area (Å²) in [6.07, 6.45) is 3.72. The molecule has 25 heavy (non-hydrogen) atoms. The molecule has 0 aliphatic heterocycles. The molecular formula is C14H11F2N3O5S. The molecule has 0 radical (unpaired) electrons. The van der Waals surface area contributed by atoms with E-state index in [1.54, 1.807) is 5.38 Å². The summed E-state index contributed by atoms with van der Waals surface area (Å²) in [4.78, 5) is 26.0. The highest BCUT2D eigenvalue weighted by Crippen LogP contribution is 2.36. The van der Waals surface area contributed by atoms with Gasteiger partial charge in [0.25, 0.3) is 5.69 Å². The maximum absolute atomic E-state index is 12.4. The Hall–Kier alpha value is -3.08. The summed E-state index contributed by atoms with van der Waals surface area (Å²) in [5, 5.41) is 15.6. The Labute approximate surface area is 143 Å². The lowest BCUT2D eigenvalue weighted by Crippen LogP contribution is -2.07. The highest BCUT2D eigenvalue weighted by atomic mass is 32.1. The lowest BCUT2D eigenvalue weighted by Gasteiger charge is -2.10. The van der Waals surface area contributed by atoms with E-state index in [-0.39, 0.29) is 11.3 Å². The number of methoxy groups -OCH3 is 1. The number of nitro groups is 1. The first-order chi connectivity index (χ1) is 11.9. The van der Waals surface area contributed by atoms with Crippen molar-refractivity contribution in [2.75, 3.05) is 12.4 Å². The Kier molecular flexibility index (Phi) is 5.95. The minimum atomic E-state index is -3.17. The number of nitrogens with zero attached hydrogens (tertiary/aromatic N) is 2. The molecule has 2 aromatic rings. The summed E-state index contributed by atoms with van der Waals surface area (Å²) in [6, 6.07) is 1.94. The zero-order valence-corrected chi connectivity index (χ0v) is 13.5. The van der Waals surface area contributed by atoms with Gasteiger partial charge in [0, 0.05) is 17.7 Å². The maximum atomic E-state index is 12.4. The summed E-state index contributed by atoms with van der Waals surface area (Å²) in [5.41, 5.74) is -0.535. The molecule has 11 heteroatoms. The zero-order valence-electron chi connectivity index (χ0n) is 12.6. The number of hydrogen-bond acceptors (Lipinski definition) is 7. The van der Waals surface area contributed by atoms with Crippen LogP contribution in [-0.2, 0) is 4.79 Å². The molecule has 0 atom stereocenters. The van der Waals surface area contributed by atoms with E-state index >= 15 is 0 Å². The predicted octanol–water partition coefficient (Wildman–Crippen LogP) is 3.31. The number of nitrogens with one attached hydrogen (secondary N) is 1. The van der Waals surface area contributed by atoms with Crippen molar-refractivity contribution in [3.05, 3.63) is 45.5 Å². The Morgan fingerprint density at radius 1 is 1.44 bits per heavy atom. The number of rotatable bonds is 7. The number of amides is 1. The van der Waals surface area contributed by atoms with Crippen molar-refractivity contribution in [3.63, 3.8) is 0 Å². The zero-order chi connectivity index (χ0) is 18.4. The van der Waals surface area contributed by atoms with Gasteiger partial charge in [0.15, 0.2) is 16.6 Å². The molecule has 0 bridgehead atoms. The number of anilines is 1. The summed E-state index contributed by atoms with van der Waals surface area (Å²) >= 11 is 1.20. The van der Waals surface area contributed by atoms with Crippen LogP contribution >= 0.6 is 11.3 Å². The highest BCUT2D eigenvalue weighted by Gasteiger charge is 2.20. The number of carbonyl (C=O) groups excluding carboxylic acids is 1. The lowest BCUT2D eigenvalue weighted by atomic mass is 10.1. The smallest absolute Gasteiger partial charge is 0.387 e. The first-order valence-corrected chi connectivity index (χ1v) is 7.48. The van der Waals surface area contributed by atoms with Gasteiger partial charge in [-0.1, -0.05) is 0 Å². The largest absolute Gasteiger partial charge is 0.493 e. The van der Waals surface area contributed by atoms with Crippen LogP contribution in [0.3, 0.4) is 0 Å². The van der Waals surface area contributed by atoms with Gasteiger partial charge in [-0.05, 0) is 12.1 Å². The van der Waals surface area contributed by atoms with E-state index in [0.29, 0.717) is 5.13 Å². The molecule has 2 rings (SSSR count). The maximum Gasteiger partial charge on any atom is 0.387 e. The standard InChI is InChI=1S/C14H11F2N3O5S/c1-23-10-6-8(2-3-12(20)18-14-17-4-5-25-14)9(19(21)22)7-11(10)24-13(15)16/h2-7,13H,1H3,(H,17,18,20)/b3-2+. The molecule has 0 aliphatic carbocycles. The van der Waals surface area contributed by atoms with Crippen molar-refractivity contribution in [1.82, 2.24) is 4.98 Å². The summed E-state index contributed by atoms with van der Waals surface area (Å²) < 4.78 is 33.9. The van der Waals surface area contributed by atoms with Crippen molar-refractivity contribution in [1.29, 1.82) is 0 Å². The highest BCUT2D eigenvalue weighted by molar-refractivity contribution is 7.13. The van der Waals surface area contributed by atoms with E-state index in [2.05, 4.69) is 15.0 Å². The van der Waals surface area contributed by atoms with Crippen LogP contribution in [-0.4, -0.2) is 29.5 Å². The van der Waals surface area contributed by atoms with Crippen molar-refractivity contribution in [2.45, 2.75) is 6.61 Å². The van der Waals surface area contributed by atoms with E-state index in [1.807, 2.05) is 0 Å². The first-order valence-electron chi connectivity index (χ1n) is 6.60. The predicted molar refractivity (Wildman–Crippen MR) is 86.1 cm³/mol. The molecule has 1 heterocycles. The fraction of sp³-hybridized carbons (Fsp3) is 0.143. The molecule has 1 amide bonds. The van der Waals surface area contributed by atoms with Crippen LogP contribution in [0.5, 0.6) is 11.5 Å². The molecular weight excluding hydrogens is 360 g/mol. The average molecular weight is 371 g/mol. The molecule has 1 N–H and O–H groups in total. The summed E-state index contributed by atoms with van der Waals surface area (Å²) in [7, 11) is 1.20. The molecule has 0 unspecified atom stereocenters. The molecule has 8 nitrogen and oxygen atoms in total. The number of thiazole rings is 1. The van der Waals surface area contributed by atoms with Crippen LogP contribution in [0.4, 0.5) is 19.6 Å². The summed E-state index contributed by atoms with van der Waals surface area (Å²) in [5.74, 6) is -1.17. The van der Waals surface area contributed by atoms with Crippen molar-refractivity contribution >= 4 is 34.1 Å². The monoisotopic (exact) mass is 371 g/mol. The SMILES string of the molecule is COc1cc(/C=C/C(=O)Nc2nccs2)c([N+](=O)[O-])cc1OC(F)F. The van der Waals surface area contributed by atoms with Gasteiger partial charge in [-0.25, -0.2) is 4.98 Å². The van der Waals surface area contributed by atoms with Crippen molar-refractivity contribution in [3.8, 4) is 11.5 Å². The molecule has 0 saturated heterocycles. The number of hydrogen-bond donors (Lipinski definition) is 1. The summed E-state index contributed by atoms with van der Waals surface area (Å²) in [6.45, 7) is -3.17. The number of benzene rings is 1. The van der Waals surface area contributed by atoms with Gasteiger partial charge >= 0.3 is 6.61 Å². The number of halogens is 2. The number of alkyl halides is 2. The number of aromatic nitrogens is 1. The second kappa shape index (κ2) is 8.15. The van der Waals surface area contributed by atoms with Crippen LogP contribution in [0.2, 0.25) is 0 Å². The third-order valence-electron chi connectivity index (χ3n) is 2.80. The van der Waals surface area contributed by atoms with Gasteiger partial charge in [0.05, 0.1) is 23.7 Å². The van der Waals surface area contributed by atoms with Gasteiger partial charge in [0.1, 0.15) is 0 Å². The van der Waals surface area contributed by atoms with Crippen LogP contribution < -0.4 is 14.8 Å². The number of nitro benzene ring substituents is 1. The van der Waals surface area contributed by atoms with Gasteiger partial charge in [-0.3, -0.25) is 20.2 Å². The quantitative estimate of drug-likeness (QED) is 0.455. The van der Waals surface area contributed by atoms with E-state index in [1.165, 1.54) is 24.6 Å². The molecule has 1 aromatic carbocycles. The molecule has 0 saturated carbocycles. The van der Waals surface area contributed by atoms with Crippen molar-refractivity contribution in [2.24, 2.45) is 0 Å². The van der Waals surface area contributed by atoms with Crippen LogP contribution in [0.1, 0.15) is 5.56 Å². The Bertz CT molecular complexity index is 796. The molecule has 0 aliphatic rings. The normalized spacial score (nSPS) is 10.9. The third-order valence-corrected chi connectivity index (χ3v) is 3.49. The third kappa shape index (κ3) is 4.94. The van der Waals surface area contributed by atoms with Gasteiger partial charge in [0.2, 0.25) is 5.91 Å². The lowest BCUT2D eigenvalue weighted by molar-refractivity contribution is -0.385. The van der Waals surface area contributed by atoms with Crippen molar-refractivity contribution < 1.29 is 28.0 Å². The molecule has 0 fully saturated rings. The Morgan fingerprint density at radius 3 is 2.76 bits per heavy atom. The number of ether oxygens (including phenoxy) is 2. The van der Waals surface area contributed by atoms with Crippen LogP contribution in [0, 0.1) is 10.1 Å². The van der Waals surface area contributed by atoms with E-state index in [9.17, 15) is 23.7 Å². The fourth-order valence-corrected chi connectivity index (χ4v) is 2.33. The molecule has 1 aromatic heterocycles. The van der Waals surface area contributed by atoms with Crippen LogP contribution in [0.25, 0.3) is 6.08 Å². The fourth-order valence-electron chi connectivity index (χ4n) is 1.80. The van der Waals surface area contributed by atoms with Gasteiger partial charge in [-0.15, -0.1) is 11.3 Å². The molecule has 0 spiro atoms. The average Bonchev–Trinajstić information content (AvgIpc) is 3.05. The van der Waals surface area contributed by atoms with E-state index < -0.39 is 28.9 Å². The Balaban J connectivity index is 2.30. The number of carbonyl (C=O) groups is 1. The van der Waals surface area contributed by atoms with E-state index in [4.69, 9.17) is 4.74 Å². The van der Waals surface area contributed by atoms with E-state index in [0.717, 1.165) is 24.3 Å². The molecule has 132 valence electrons. The van der Waals surface area contributed by atoms with Gasteiger partial charge < -0.3 is 9.47 Å². The Morgan fingerprint density at radius 2 is 2.20 bits per heavy atom. The minimum Gasteiger partial charge on any atom is -0.493 e. The first kappa shape index (κ1) is 18.3. The second-order valence-electron chi connectivity index (χ2n) is 4.36. The minimum absolute atomic E-state index is 0.0160. The van der Waals surface area contributed by atoms with Crippen LogP contribution in [0.15, 0.2) is 29.8 Å². The topological polar surface area (TPSA) is 104 Å². The second-order valence-corrected chi connectivity index (χ2v) is 5.25.